The Morgan fingerprint density at radius 2 is 1.90 bits per heavy atom. The molecule has 2 heterocycles. The Labute approximate surface area is 178 Å². The van der Waals surface area contributed by atoms with Gasteiger partial charge in [-0.3, -0.25) is 9.59 Å². The zero-order valence-corrected chi connectivity index (χ0v) is 17.1. The summed E-state index contributed by atoms with van der Waals surface area (Å²) in [4.78, 5) is 27.2. The van der Waals surface area contributed by atoms with E-state index in [4.69, 9.17) is 32.7 Å². The Balaban J connectivity index is 1.35. The molecule has 1 fully saturated rings. The van der Waals surface area contributed by atoms with Crippen molar-refractivity contribution in [2.75, 3.05) is 19.9 Å². The van der Waals surface area contributed by atoms with Gasteiger partial charge in [-0.15, -0.1) is 0 Å². The van der Waals surface area contributed by atoms with E-state index in [0.29, 0.717) is 46.7 Å². The zero-order chi connectivity index (χ0) is 20.4. The number of fused-ring (bicyclic) bond motifs is 1. The molecule has 1 N–H and O–H groups in total. The molecule has 1 saturated heterocycles. The van der Waals surface area contributed by atoms with Crippen LogP contribution in [0.1, 0.15) is 28.8 Å². The van der Waals surface area contributed by atoms with Crippen LogP contribution in [0.4, 0.5) is 0 Å². The van der Waals surface area contributed by atoms with Gasteiger partial charge in [0.15, 0.2) is 11.5 Å². The Morgan fingerprint density at radius 1 is 1.07 bits per heavy atom. The molecular formula is C21H20Cl2N2O4. The normalized spacial score (nSPS) is 17.9. The summed E-state index contributed by atoms with van der Waals surface area (Å²) in [6, 6.07) is 10.4. The first kappa shape index (κ1) is 19.9. The summed E-state index contributed by atoms with van der Waals surface area (Å²) in [6.07, 6.45) is 1.52. The predicted molar refractivity (Wildman–Crippen MR) is 110 cm³/mol. The maximum absolute atomic E-state index is 12.8. The number of ether oxygens (including phenoxy) is 2. The second-order valence-corrected chi connectivity index (χ2v) is 7.94. The number of nitrogens with one attached hydrogen (secondary N) is 1. The van der Waals surface area contributed by atoms with Crippen molar-refractivity contribution in [3.63, 3.8) is 0 Å². The number of nitrogens with zero attached hydrogens (tertiary/aromatic N) is 1. The minimum Gasteiger partial charge on any atom is -0.454 e. The number of carbonyl (C=O) groups excluding carboxylic acids is 2. The topological polar surface area (TPSA) is 67.9 Å². The second-order valence-electron chi connectivity index (χ2n) is 7.12. The molecule has 2 amide bonds. The lowest BCUT2D eigenvalue weighted by Gasteiger charge is -2.32. The minimum atomic E-state index is -0.246. The van der Waals surface area contributed by atoms with Crippen LogP contribution in [0.2, 0.25) is 10.0 Å². The quantitative estimate of drug-likeness (QED) is 0.792. The number of rotatable bonds is 4. The Hall–Kier alpha value is -2.44. The summed E-state index contributed by atoms with van der Waals surface area (Å²) in [5, 5.41) is 3.71. The molecule has 6 nitrogen and oxygen atoms in total. The van der Waals surface area contributed by atoms with E-state index in [-0.39, 0.29) is 24.5 Å². The fourth-order valence-electron chi connectivity index (χ4n) is 3.57. The smallest absolute Gasteiger partial charge is 0.253 e. The molecule has 2 aliphatic rings. The van der Waals surface area contributed by atoms with Gasteiger partial charge in [-0.25, -0.2) is 0 Å². The molecule has 1 atom stereocenters. The molecule has 2 aromatic carbocycles. The highest BCUT2D eigenvalue weighted by Gasteiger charge is 2.29. The fourth-order valence-corrected chi connectivity index (χ4v) is 3.87. The molecule has 0 spiro atoms. The Kier molecular flexibility index (Phi) is 5.83. The van der Waals surface area contributed by atoms with E-state index in [2.05, 4.69) is 5.32 Å². The van der Waals surface area contributed by atoms with Crippen LogP contribution in [0.5, 0.6) is 11.5 Å². The molecule has 4 rings (SSSR count). The highest BCUT2D eigenvalue weighted by molar-refractivity contribution is 6.42. The van der Waals surface area contributed by atoms with Crippen LogP contribution in [0.25, 0.3) is 0 Å². The maximum Gasteiger partial charge on any atom is 0.253 e. The zero-order valence-electron chi connectivity index (χ0n) is 15.6. The first-order valence-corrected chi connectivity index (χ1v) is 10.2. The van der Waals surface area contributed by atoms with Gasteiger partial charge in [0.2, 0.25) is 12.7 Å². The molecule has 2 aliphatic heterocycles. The van der Waals surface area contributed by atoms with Gasteiger partial charge >= 0.3 is 0 Å². The number of hydrogen-bond acceptors (Lipinski definition) is 4. The van der Waals surface area contributed by atoms with Gasteiger partial charge in [0, 0.05) is 25.2 Å². The largest absolute Gasteiger partial charge is 0.454 e. The average molecular weight is 435 g/mol. The number of benzene rings is 2. The molecule has 0 saturated carbocycles. The minimum absolute atomic E-state index is 0.0608. The Morgan fingerprint density at radius 3 is 2.72 bits per heavy atom. The van der Waals surface area contributed by atoms with Crippen molar-refractivity contribution in [2.24, 2.45) is 5.92 Å². The second kappa shape index (κ2) is 8.51. The number of hydrogen-bond donors (Lipinski definition) is 1. The van der Waals surface area contributed by atoms with Crippen molar-refractivity contribution >= 4 is 35.0 Å². The van der Waals surface area contributed by atoms with Crippen molar-refractivity contribution in [1.29, 1.82) is 0 Å². The highest BCUT2D eigenvalue weighted by atomic mass is 35.5. The van der Waals surface area contributed by atoms with E-state index in [9.17, 15) is 9.59 Å². The molecule has 2 aromatic rings. The SMILES string of the molecule is O=C(NCc1ccc2c(c1)OCO2)C1CCCN(C(=O)c2ccc(Cl)c(Cl)c2)C1. The van der Waals surface area contributed by atoms with E-state index >= 15 is 0 Å². The van der Waals surface area contributed by atoms with Gasteiger partial charge in [0.25, 0.3) is 5.91 Å². The van der Waals surface area contributed by atoms with Crippen LogP contribution in [-0.2, 0) is 11.3 Å². The van der Waals surface area contributed by atoms with Crippen LogP contribution >= 0.6 is 23.2 Å². The lowest BCUT2D eigenvalue weighted by molar-refractivity contribution is -0.126. The summed E-state index contributed by atoms with van der Waals surface area (Å²) in [5.41, 5.74) is 1.41. The lowest BCUT2D eigenvalue weighted by Crippen LogP contribution is -2.45. The fraction of sp³-hybridized carbons (Fsp3) is 0.333. The third kappa shape index (κ3) is 4.43. The van der Waals surface area contributed by atoms with Gasteiger partial charge in [-0.05, 0) is 48.7 Å². The van der Waals surface area contributed by atoms with Gasteiger partial charge in [-0.2, -0.15) is 0 Å². The van der Waals surface area contributed by atoms with Crippen molar-refractivity contribution in [3.05, 3.63) is 57.6 Å². The van der Waals surface area contributed by atoms with Crippen LogP contribution in [0.3, 0.4) is 0 Å². The summed E-state index contributed by atoms with van der Waals surface area (Å²) in [6.45, 7) is 1.61. The van der Waals surface area contributed by atoms with Crippen LogP contribution in [0.15, 0.2) is 36.4 Å². The number of piperidine rings is 1. The average Bonchev–Trinajstić information content (AvgIpc) is 3.21. The van der Waals surface area contributed by atoms with Gasteiger partial charge in [0.1, 0.15) is 0 Å². The molecule has 1 unspecified atom stereocenters. The molecule has 0 radical (unpaired) electrons. The maximum atomic E-state index is 12.8. The highest BCUT2D eigenvalue weighted by Crippen LogP contribution is 2.32. The van der Waals surface area contributed by atoms with E-state index in [1.165, 1.54) is 0 Å². The predicted octanol–water partition coefficient (Wildman–Crippen LogP) is 3.89. The van der Waals surface area contributed by atoms with E-state index in [1.54, 1.807) is 23.1 Å². The van der Waals surface area contributed by atoms with E-state index in [1.807, 2.05) is 18.2 Å². The van der Waals surface area contributed by atoms with Crippen LogP contribution < -0.4 is 14.8 Å². The monoisotopic (exact) mass is 434 g/mol. The van der Waals surface area contributed by atoms with Crippen molar-refractivity contribution < 1.29 is 19.1 Å². The summed E-state index contributed by atoms with van der Waals surface area (Å²) in [5.74, 6) is 0.951. The first-order chi connectivity index (χ1) is 14.0. The summed E-state index contributed by atoms with van der Waals surface area (Å²) in [7, 11) is 0. The molecule has 0 aromatic heterocycles. The molecular weight excluding hydrogens is 415 g/mol. The van der Waals surface area contributed by atoms with Gasteiger partial charge < -0.3 is 19.7 Å². The van der Waals surface area contributed by atoms with Crippen LogP contribution in [0, 0.1) is 5.92 Å². The first-order valence-electron chi connectivity index (χ1n) is 9.42. The van der Waals surface area contributed by atoms with Crippen molar-refractivity contribution in [2.45, 2.75) is 19.4 Å². The molecule has 152 valence electrons. The number of amides is 2. The summed E-state index contributed by atoms with van der Waals surface area (Å²) < 4.78 is 10.7. The summed E-state index contributed by atoms with van der Waals surface area (Å²) >= 11 is 12.0. The molecule has 8 heteroatoms. The number of carbonyl (C=O) groups is 2. The van der Waals surface area contributed by atoms with Crippen molar-refractivity contribution in [3.8, 4) is 11.5 Å². The van der Waals surface area contributed by atoms with E-state index in [0.717, 1.165) is 18.4 Å². The van der Waals surface area contributed by atoms with Gasteiger partial charge in [0.05, 0.1) is 16.0 Å². The van der Waals surface area contributed by atoms with Crippen molar-refractivity contribution in [1.82, 2.24) is 10.2 Å². The standard InChI is InChI=1S/C21H20Cl2N2O4/c22-16-5-4-14(9-17(16)23)21(27)25-7-1-2-15(11-25)20(26)24-10-13-3-6-18-19(8-13)29-12-28-18/h3-6,8-9,15H,1-2,7,10-12H2,(H,24,26). The third-order valence-electron chi connectivity index (χ3n) is 5.15. The van der Waals surface area contributed by atoms with E-state index < -0.39 is 0 Å². The third-order valence-corrected chi connectivity index (χ3v) is 5.89. The lowest BCUT2D eigenvalue weighted by atomic mass is 9.96. The van der Waals surface area contributed by atoms with Crippen LogP contribution in [-0.4, -0.2) is 36.6 Å². The number of likely N-dealkylation sites (tertiary alicyclic amines) is 1. The Bertz CT molecular complexity index is 950. The molecule has 0 aliphatic carbocycles. The van der Waals surface area contributed by atoms with Gasteiger partial charge in [-0.1, -0.05) is 29.3 Å². The molecule has 29 heavy (non-hydrogen) atoms. The molecule has 0 bridgehead atoms. The number of halogens is 2.